The Morgan fingerprint density at radius 1 is 1.64 bits per heavy atom. The number of carbonyl (C=O) groups excluding carboxylic acids is 1. The maximum Gasteiger partial charge on any atom is 0.346 e. The van der Waals surface area contributed by atoms with Crippen molar-refractivity contribution in [1.82, 2.24) is 4.98 Å². The lowest BCUT2D eigenvalue weighted by molar-refractivity contribution is -0.147. The molecule has 0 bridgehead atoms. The van der Waals surface area contributed by atoms with E-state index in [1.807, 2.05) is 0 Å². The summed E-state index contributed by atoms with van der Waals surface area (Å²) < 4.78 is 10.5. The van der Waals surface area contributed by atoms with Gasteiger partial charge in [-0.15, -0.1) is 0 Å². The lowest BCUT2D eigenvalue weighted by Crippen LogP contribution is -2.24. The van der Waals surface area contributed by atoms with Crippen molar-refractivity contribution in [3.05, 3.63) is 22.9 Å². The van der Waals surface area contributed by atoms with Crippen molar-refractivity contribution in [2.75, 3.05) is 7.11 Å². The van der Waals surface area contributed by atoms with Crippen molar-refractivity contribution >= 4 is 21.9 Å². The second-order valence-electron chi connectivity index (χ2n) is 2.60. The van der Waals surface area contributed by atoms with Gasteiger partial charge in [-0.25, -0.2) is 9.78 Å². The van der Waals surface area contributed by atoms with Crippen molar-refractivity contribution in [3.63, 3.8) is 0 Å². The molecule has 0 amide bonds. The first-order valence-corrected chi connectivity index (χ1v) is 4.79. The average Bonchev–Trinajstić information content (AvgIpc) is 2.16. The summed E-state index contributed by atoms with van der Waals surface area (Å²) in [6, 6.07) is 3.35. The summed E-state index contributed by atoms with van der Waals surface area (Å²) in [7, 11) is 1.32. The molecule has 0 aromatic carbocycles. The van der Waals surface area contributed by atoms with Gasteiger partial charge < -0.3 is 9.47 Å². The number of hydrogen-bond donors (Lipinski definition) is 0. The first-order chi connectivity index (χ1) is 6.63. The van der Waals surface area contributed by atoms with Crippen LogP contribution in [0.1, 0.15) is 6.92 Å². The number of rotatable bonds is 3. The molecule has 1 heterocycles. The summed E-state index contributed by atoms with van der Waals surface area (Å²) in [5.74, 6) is 0.169. The van der Waals surface area contributed by atoms with Gasteiger partial charge in [0, 0.05) is 12.3 Å². The Morgan fingerprint density at radius 3 is 2.93 bits per heavy atom. The van der Waals surface area contributed by atoms with Gasteiger partial charge in [-0.2, -0.15) is 0 Å². The number of hydrogen-bond acceptors (Lipinski definition) is 4. The zero-order chi connectivity index (χ0) is 10.6. The largest absolute Gasteiger partial charge is 0.479 e. The van der Waals surface area contributed by atoms with E-state index in [4.69, 9.17) is 4.74 Å². The molecule has 0 spiro atoms. The van der Waals surface area contributed by atoms with Gasteiger partial charge in [0.1, 0.15) is 10.4 Å². The molecule has 5 heteroatoms. The molecule has 0 aliphatic rings. The van der Waals surface area contributed by atoms with Crippen molar-refractivity contribution in [3.8, 4) is 5.75 Å². The van der Waals surface area contributed by atoms with Crippen LogP contribution in [-0.2, 0) is 9.53 Å². The molecule has 0 radical (unpaired) electrons. The van der Waals surface area contributed by atoms with E-state index in [-0.39, 0.29) is 0 Å². The minimum atomic E-state index is -0.616. The molecule has 0 fully saturated rings. The molecule has 1 rings (SSSR count). The molecule has 0 saturated carbocycles. The fourth-order valence-electron chi connectivity index (χ4n) is 0.876. The van der Waals surface area contributed by atoms with Gasteiger partial charge in [-0.3, -0.25) is 0 Å². The topological polar surface area (TPSA) is 48.4 Å². The van der Waals surface area contributed by atoms with Crippen LogP contribution in [0.4, 0.5) is 0 Å². The third-order valence-electron chi connectivity index (χ3n) is 1.54. The molecular formula is C9H10BrNO3. The van der Waals surface area contributed by atoms with Crippen LogP contribution in [0.5, 0.6) is 5.75 Å². The van der Waals surface area contributed by atoms with E-state index < -0.39 is 12.1 Å². The zero-order valence-corrected chi connectivity index (χ0v) is 9.45. The molecule has 1 atom stereocenters. The quantitative estimate of drug-likeness (QED) is 0.614. The lowest BCUT2D eigenvalue weighted by atomic mass is 10.4. The third-order valence-corrected chi connectivity index (χ3v) is 1.98. The van der Waals surface area contributed by atoms with Gasteiger partial charge in [0.2, 0.25) is 0 Å². The molecule has 1 unspecified atom stereocenters. The molecule has 76 valence electrons. The van der Waals surface area contributed by atoms with Crippen LogP contribution in [-0.4, -0.2) is 24.2 Å². The van der Waals surface area contributed by atoms with Gasteiger partial charge in [0.25, 0.3) is 0 Å². The highest BCUT2D eigenvalue weighted by atomic mass is 79.9. The van der Waals surface area contributed by atoms with Crippen LogP contribution in [0.2, 0.25) is 0 Å². The van der Waals surface area contributed by atoms with Gasteiger partial charge in [0.15, 0.2) is 6.10 Å². The van der Waals surface area contributed by atoms with Crippen molar-refractivity contribution in [1.29, 1.82) is 0 Å². The summed E-state index contributed by atoms with van der Waals surface area (Å²) in [6.07, 6.45) is 0.970. The SMILES string of the molecule is COC(=O)C(C)Oc1ccnc(Br)c1. The van der Waals surface area contributed by atoms with E-state index in [0.717, 1.165) is 0 Å². The summed E-state index contributed by atoms with van der Waals surface area (Å²) in [5, 5.41) is 0. The van der Waals surface area contributed by atoms with E-state index in [1.165, 1.54) is 7.11 Å². The predicted octanol–water partition coefficient (Wildman–Crippen LogP) is 1.78. The van der Waals surface area contributed by atoms with Crippen molar-refractivity contribution in [2.24, 2.45) is 0 Å². The van der Waals surface area contributed by atoms with Crippen molar-refractivity contribution < 1.29 is 14.3 Å². The van der Waals surface area contributed by atoms with Crippen LogP contribution in [0.3, 0.4) is 0 Å². The van der Waals surface area contributed by atoms with Crippen LogP contribution in [0.15, 0.2) is 22.9 Å². The van der Waals surface area contributed by atoms with Gasteiger partial charge in [-0.05, 0) is 28.9 Å². The van der Waals surface area contributed by atoms with Crippen molar-refractivity contribution in [2.45, 2.75) is 13.0 Å². The first kappa shape index (κ1) is 11.0. The Labute approximate surface area is 90.4 Å². The number of ether oxygens (including phenoxy) is 2. The fourth-order valence-corrected chi connectivity index (χ4v) is 1.22. The number of methoxy groups -OCH3 is 1. The Hall–Kier alpha value is -1.10. The Morgan fingerprint density at radius 2 is 2.36 bits per heavy atom. The highest BCUT2D eigenvalue weighted by Crippen LogP contribution is 2.16. The second kappa shape index (κ2) is 4.95. The number of carbonyl (C=O) groups is 1. The first-order valence-electron chi connectivity index (χ1n) is 3.99. The molecule has 0 aliphatic heterocycles. The van der Waals surface area contributed by atoms with Gasteiger partial charge in [-0.1, -0.05) is 0 Å². The number of esters is 1. The highest BCUT2D eigenvalue weighted by Gasteiger charge is 2.14. The van der Waals surface area contributed by atoms with E-state index in [9.17, 15) is 4.79 Å². The summed E-state index contributed by atoms with van der Waals surface area (Å²) in [5.41, 5.74) is 0. The average molecular weight is 260 g/mol. The van der Waals surface area contributed by atoms with E-state index in [0.29, 0.717) is 10.4 Å². The monoisotopic (exact) mass is 259 g/mol. The highest BCUT2D eigenvalue weighted by molar-refractivity contribution is 9.10. The number of aromatic nitrogens is 1. The molecule has 1 aromatic heterocycles. The van der Waals surface area contributed by atoms with E-state index >= 15 is 0 Å². The molecule has 14 heavy (non-hydrogen) atoms. The molecular weight excluding hydrogens is 250 g/mol. The smallest absolute Gasteiger partial charge is 0.346 e. The number of nitrogens with zero attached hydrogens (tertiary/aromatic N) is 1. The van der Waals surface area contributed by atoms with Gasteiger partial charge >= 0.3 is 5.97 Å². The number of pyridine rings is 1. The Bertz CT molecular complexity index is 330. The zero-order valence-electron chi connectivity index (χ0n) is 7.86. The maximum atomic E-state index is 11.0. The minimum Gasteiger partial charge on any atom is -0.479 e. The normalized spacial score (nSPS) is 11.9. The predicted molar refractivity (Wildman–Crippen MR) is 54.0 cm³/mol. The second-order valence-corrected chi connectivity index (χ2v) is 3.41. The maximum absolute atomic E-state index is 11.0. The van der Waals surface area contributed by atoms with Crippen LogP contribution in [0, 0.1) is 0 Å². The number of halogens is 1. The standard InChI is InChI=1S/C9H10BrNO3/c1-6(9(12)13-2)14-7-3-4-11-8(10)5-7/h3-6H,1-2H3. The molecule has 0 saturated heterocycles. The molecule has 1 aromatic rings. The Balaban J connectivity index is 2.64. The van der Waals surface area contributed by atoms with Gasteiger partial charge in [0.05, 0.1) is 7.11 Å². The van der Waals surface area contributed by atoms with E-state index in [2.05, 4.69) is 25.7 Å². The van der Waals surface area contributed by atoms with E-state index in [1.54, 1.807) is 25.3 Å². The third kappa shape index (κ3) is 2.99. The summed E-state index contributed by atoms with van der Waals surface area (Å²) in [4.78, 5) is 15.0. The minimum absolute atomic E-state index is 0.405. The van der Waals surface area contributed by atoms with Crippen LogP contribution < -0.4 is 4.74 Å². The summed E-state index contributed by atoms with van der Waals surface area (Å²) in [6.45, 7) is 1.63. The molecule has 0 N–H and O–H groups in total. The summed E-state index contributed by atoms with van der Waals surface area (Å²) >= 11 is 3.20. The molecule has 0 aliphatic carbocycles. The Kier molecular flexibility index (Phi) is 3.88. The fraction of sp³-hybridized carbons (Fsp3) is 0.333. The lowest BCUT2D eigenvalue weighted by Gasteiger charge is -2.11. The van der Waals surface area contributed by atoms with Crippen LogP contribution >= 0.6 is 15.9 Å². The molecule has 4 nitrogen and oxygen atoms in total. The van der Waals surface area contributed by atoms with Crippen LogP contribution in [0.25, 0.3) is 0 Å².